The van der Waals surface area contributed by atoms with E-state index in [9.17, 15) is 14.4 Å². The van der Waals surface area contributed by atoms with E-state index in [0.717, 1.165) is 0 Å². The normalized spacial score (nSPS) is 11.0. The Kier molecular flexibility index (Phi) is 7.23. The molecular weight excluding hydrogens is 418 g/mol. The van der Waals surface area contributed by atoms with Crippen molar-refractivity contribution in [1.82, 2.24) is 9.55 Å². The zero-order chi connectivity index (χ0) is 21.7. The number of carbonyl (C=O) groups excluding carboxylic acids is 2. The standard InChI is InChI=1S/C22H23N3O3S2/c1-4-10-25-21(28)17-9-11-29-20(17)24-22(25)30-13-18(26)15-5-7-16(8-6-15)23-19(27)12-14(2)3/h4-9,11,14H,1,10,12-13H2,2-3H3,(H,23,27). The predicted octanol–water partition coefficient (Wildman–Crippen LogP) is 4.60. The second-order valence-electron chi connectivity index (χ2n) is 7.17. The lowest BCUT2D eigenvalue weighted by Crippen LogP contribution is -2.22. The maximum absolute atomic E-state index is 12.7. The van der Waals surface area contributed by atoms with Crippen molar-refractivity contribution >= 4 is 50.7 Å². The molecule has 3 rings (SSSR count). The quantitative estimate of drug-likeness (QED) is 0.227. The third-order valence-electron chi connectivity index (χ3n) is 4.28. The molecule has 0 fully saturated rings. The molecule has 0 unspecified atom stereocenters. The van der Waals surface area contributed by atoms with E-state index in [0.29, 0.717) is 39.6 Å². The minimum atomic E-state index is -0.127. The molecule has 0 radical (unpaired) electrons. The lowest BCUT2D eigenvalue weighted by atomic mass is 10.1. The molecule has 30 heavy (non-hydrogen) atoms. The summed E-state index contributed by atoms with van der Waals surface area (Å²) in [6.45, 7) is 8.00. The summed E-state index contributed by atoms with van der Waals surface area (Å²) in [6, 6.07) is 8.59. The molecule has 0 saturated heterocycles. The first kappa shape index (κ1) is 22.0. The van der Waals surface area contributed by atoms with Crippen LogP contribution in [-0.4, -0.2) is 27.0 Å². The van der Waals surface area contributed by atoms with Crippen molar-refractivity contribution in [1.29, 1.82) is 0 Å². The van der Waals surface area contributed by atoms with Crippen LogP contribution in [0.1, 0.15) is 30.6 Å². The van der Waals surface area contributed by atoms with E-state index in [4.69, 9.17) is 0 Å². The fourth-order valence-corrected chi connectivity index (χ4v) is 4.57. The number of anilines is 1. The molecule has 1 N–H and O–H groups in total. The number of nitrogens with one attached hydrogen (secondary N) is 1. The molecule has 2 heterocycles. The van der Waals surface area contributed by atoms with E-state index in [2.05, 4.69) is 16.9 Å². The van der Waals surface area contributed by atoms with Gasteiger partial charge in [0.15, 0.2) is 10.9 Å². The van der Waals surface area contributed by atoms with Crippen molar-refractivity contribution in [3.63, 3.8) is 0 Å². The highest BCUT2D eigenvalue weighted by Gasteiger charge is 2.14. The summed E-state index contributed by atoms with van der Waals surface area (Å²) < 4.78 is 1.54. The zero-order valence-electron chi connectivity index (χ0n) is 16.9. The van der Waals surface area contributed by atoms with Crippen LogP contribution >= 0.6 is 23.1 Å². The summed E-state index contributed by atoms with van der Waals surface area (Å²) in [7, 11) is 0. The topological polar surface area (TPSA) is 81.1 Å². The van der Waals surface area contributed by atoms with Gasteiger partial charge in [0.1, 0.15) is 4.83 Å². The van der Waals surface area contributed by atoms with Gasteiger partial charge in [0.05, 0.1) is 11.1 Å². The molecule has 0 saturated carbocycles. The number of allylic oxidation sites excluding steroid dienone is 1. The van der Waals surface area contributed by atoms with Crippen molar-refractivity contribution in [2.24, 2.45) is 5.92 Å². The Balaban J connectivity index is 1.70. The lowest BCUT2D eigenvalue weighted by molar-refractivity contribution is -0.116. The molecule has 0 bridgehead atoms. The number of carbonyl (C=O) groups is 2. The van der Waals surface area contributed by atoms with E-state index >= 15 is 0 Å². The molecule has 0 spiro atoms. The Morgan fingerprint density at radius 1 is 1.27 bits per heavy atom. The number of ketones is 1. The summed E-state index contributed by atoms with van der Waals surface area (Å²) in [5, 5.41) is 5.74. The average molecular weight is 442 g/mol. The number of amides is 1. The molecule has 0 aliphatic heterocycles. The summed E-state index contributed by atoms with van der Waals surface area (Å²) in [4.78, 5) is 42.4. The lowest BCUT2D eigenvalue weighted by Gasteiger charge is -2.10. The third kappa shape index (κ3) is 5.25. The number of benzene rings is 1. The number of rotatable bonds is 9. The number of Topliss-reactive ketones (excluding diaryl/α,β-unsaturated/α-hetero) is 1. The molecule has 1 amide bonds. The van der Waals surface area contributed by atoms with E-state index in [1.807, 2.05) is 19.2 Å². The number of thioether (sulfide) groups is 1. The van der Waals surface area contributed by atoms with Gasteiger partial charge in [0.2, 0.25) is 5.91 Å². The number of hydrogen-bond donors (Lipinski definition) is 1. The van der Waals surface area contributed by atoms with Gasteiger partial charge < -0.3 is 5.32 Å². The van der Waals surface area contributed by atoms with Gasteiger partial charge in [-0.3, -0.25) is 19.0 Å². The van der Waals surface area contributed by atoms with Crippen molar-refractivity contribution in [2.75, 3.05) is 11.1 Å². The first-order valence-electron chi connectivity index (χ1n) is 9.54. The SMILES string of the molecule is C=CCn1c(SCC(=O)c2ccc(NC(=O)CC(C)C)cc2)nc2sccc2c1=O. The fraction of sp³-hybridized carbons (Fsp3) is 0.273. The number of thiophene rings is 1. The molecule has 1 aromatic carbocycles. The van der Waals surface area contributed by atoms with E-state index in [1.165, 1.54) is 27.7 Å². The second-order valence-corrected chi connectivity index (χ2v) is 9.01. The van der Waals surface area contributed by atoms with Crippen LogP contribution in [-0.2, 0) is 11.3 Å². The molecule has 0 atom stereocenters. The van der Waals surface area contributed by atoms with Gasteiger partial charge in [-0.25, -0.2) is 4.98 Å². The number of nitrogens with zero attached hydrogens (tertiary/aromatic N) is 2. The first-order valence-corrected chi connectivity index (χ1v) is 11.4. The maximum atomic E-state index is 12.7. The van der Waals surface area contributed by atoms with E-state index in [1.54, 1.807) is 36.4 Å². The van der Waals surface area contributed by atoms with Gasteiger partial charge in [0, 0.05) is 24.2 Å². The average Bonchev–Trinajstić information content (AvgIpc) is 3.17. The van der Waals surface area contributed by atoms with Crippen molar-refractivity contribution in [3.8, 4) is 0 Å². The minimum absolute atomic E-state index is 0.0464. The highest BCUT2D eigenvalue weighted by molar-refractivity contribution is 7.99. The Morgan fingerprint density at radius 3 is 2.67 bits per heavy atom. The molecule has 3 aromatic rings. The second kappa shape index (κ2) is 9.86. The highest BCUT2D eigenvalue weighted by Crippen LogP contribution is 2.22. The molecule has 2 aromatic heterocycles. The van der Waals surface area contributed by atoms with E-state index < -0.39 is 0 Å². The van der Waals surface area contributed by atoms with Crippen LogP contribution in [0.25, 0.3) is 10.2 Å². The Bertz CT molecular complexity index is 1130. The zero-order valence-corrected chi connectivity index (χ0v) is 18.5. The monoisotopic (exact) mass is 441 g/mol. The first-order chi connectivity index (χ1) is 14.4. The largest absolute Gasteiger partial charge is 0.326 e. The maximum Gasteiger partial charge on any atom is 0.263 e. The van der Waals surface area contributed by atoms with Gasteiger partial charge in [-0.1, -0.05) is 31.7 Å². The van der Waals surface area contributed by atoms with Gasteiger partial charge in [-0.15, -0.1) is 17.9 Å². The minimum Gasteiger partial charge on any atom is -0.326 e. The van der Waals surface area contributed by atoms with Crippen LogP contribution in [0.3, 0.4) is 0 Å². The molecular formula is C22H23N3O3S2. The summed E-state index contributed by atoms with van der Waals surface area (Å²) in [6.07, 6.45) is 2.09. The van der Waals surface area contributed by atoms with Crippen LogP contribution in [0.2, 0.25) is 0 Å². The fourth-order valence-electron chi connectivity index (χ4n) is 2.87. The summed E-state index contributed by atoms with van der Waals surface area (Å²) in [5.41, 5.74) is 1.08. The van der Waals surface area contributed by atoms with Crippen molar-refractivity contribution in [3.05, 3.63) is 64.3 Å². The molecule has 0 aliphatic rings. The van der Waals surface area contributed by atoms with Crippen LogP contribution < -0.4 is 10.9 Å². The number of hydrogen-bond acceptors (Lipinski definition) is 6. The molecule has 6 nitrogen and oxygen atoms in total. The van der Waals surface area contributed by atoms with Gasteiger partial charge in [-0.05, 0) is 41.6 Å². The predicted molar refractivity (Wildman–Crippen MR) is 124 cm³/mol. The van der Waals surface area contributed by atoms with E-state index in [-0.39, 0.29) is 28.9 Å². The van der Waals surface area contributed by atoms with Crippen LogP contribution in [0.5, 0.6) is 0 Å². The van der Waals surface area contributed by atoms with Gasteiger partial charge in [-0.2, -0.15) is 0 Å². The van der Waals surface area contributed by atoms with Crippen molar-refractivity contribution < 1.29 is 9.59 Å². The summed E-state index contributed by atoms with van der Waals surface area (Å²) >= 11 is 2.64. The Labute approximate surface area is 183 Å². The molecule has 8 heteroatoms. The van der Waals surface area contributed by atoms with Gasteiger partial charge in [0.25, 0.3) is 5.56 Å². The number of aromatic nitrogens is 2. The summed E-state index contributed by atoms with van der Waals surface area (Å²) in [5.74, 6) is 0.309. The van der Waals surface area contributed by atoms with Crippen LogP contribution in [0.4, 0.5) is 5.69 Å². The van der Waals surface area contributed by atoms with Gasteiger partial charge >= 0.3 is 0 Å². The van der Waals surface area contributed by atoms with Crippen LogP contribution in [0.15, 0.2) is 58.3 Å². The molecule has 0 aliphatic carbocycles. The number of fused-ring (bicyclic) bond motifs is 1. The third-order valence-corrected chi connectivity index (χ3v) is 6.06. The van der Waals surface area contributed by atoms with Crippen molar-refractivity contribution in [2.45, 2.75) is 32.0 Å². The smallest absolute Gasteiger partial charge is 0.263 e. The Morgan fingerprint density at radius 2 is 2.00 bits per heavy atom. The van der Waals surface area contributed by atoms with Crippen LogP contribution in [0, 0.1) is 5.92 Å². The highest BCUT2D eigenvalue weighted by atomic mass is 32.2. The Hall–Kier alpha value is -2.71. The molecule has 156 valence electrons.